The van der Waals surface area contributed by atoms with Gasteiger partial charge in [-0.15, -0.1) is 0 Å². The van der Waals surface area contributed by atoms with E-state index in [2.05, 4.69) is 5.32 Å². The molecule has 0 spiro atoms. The van der Waals surface area contributed by atoms with E-state index in [1.807, 2.05) is 0 Å². The Hall–Kier alpha value is -2.57. The highest BCUT2D eigenvalue weighted by Crippen LogP contribution is 2.34. The van der Waals surface area contributed by atoms with E-state index in [9.17, 15) is 22.8 Å². The zero-order valence-electron chi connectivity index (χ0n) is 11.6. The smallest absolute Gasteiger partial charge is 0.324 e. The Morgan fingerprint density at radius 1 is 1.23 bits per heavy atom. The van der Waals surface area contributed by atoms with Gasteiger partial charge in [0.15, 0.2) is 0 Å². The Labute approximate surface area is 124 Å². The molecule has 0 unspecified atom stereocenters. The third-order valence-corrected chi connectivity index (χ3v) is 2.97. The van der Waals surface area contributed by atoms with Gasteiger partial charge in [0.05, 0.1) is 11.3 Å². The monoisotopic (exact) mass is 310 g/mol. The van der Waals surface area contributed by atoms with Crippen LogP contribution in [0.3, 0.4) is 0 Å². The molecule has 0 aliphatic rings. The van der Waals surface area contributed by atoms with Crippen LogP contribution >= 0.6 is 0 Å². The van der Waals surface area contributed by atoms with Gasteiger partial charge >= 0.3 is 6.18 Å². The van der Waals surface area contributed by atoms with E-state index in [0.29, 0.717) is 0 Å². The number of rotatable bonds is 3. The number of carbonyl (C=O) groups is 1. The highest BCUT2D eigenvalue weighted by molar-refractivity contribution is 5.91. The van der Waals surface area contributed by atoms with Gasteiger partial charge in [-0.25, -0.2) is 0 Å². The van der Waals surface area contributed by atoms with Crippen LogP contribution in [0.1, 0.15) is 11.1 Å². The number of amides is 1. The van der Waals surface area contributed by atoms with Gasteiger partial charge in [-0.1, -0.05) is 12.1 Å². The molecule has 0 aliphatic carbocycles. The van der Waals surface area contributed by atoms with Gasteiger partial charge in [0, 0.05) is 12.3 Å². The second-order valence-corrected chi connectivity index (χ2v) is 4.76. The molecule has 22 heavy (non-hydrogen) atoms. The van der Waals surface area contributed by atoms with Gasteiger partial charge in [0.1, 0.15) is 6.54 Å². The summed E-state index contributed by atoms with van der Waals surface area (Å²) in [6.07, 6.45) is -3.14. The molecule has 116 valence electrons. The standard InChI is InChI=1S/C15H13F3N2O2/c1-10-6-7-20(14(22)8-10)9-13(21)19-12-5-3-2-4-11(12)15(16,17)18/h2-8H,9H2,1H3,(H,19,21). The molecule has 0 saturated heterocycles. The Bertz CT molecular complexity index is 751. The second kappa shape index (κ2) is 6.05. The molecule has 2 rings (SSSR count). The summed E-state index contributed by atoms with van der Waals surface area (Å²) in [6, 6.07) is 7.66. The molecule has 7 heteroatoms. The summed E-state index contributed by atoms with van der Waals surface area (Å²) < 4.78 is 39.6. The summed E-state index contributed by atoms with van der Waals surface area (Å²) in [6.45, 7) is 1.37. The first-order chi connectivity index (χ1) is 10.3. The molecule has 1 N–H and O–H groups in total. The fourth-order valence-electron chi connectivity index (χ4n) is 1.92. The number of halogens is 3. The van der Waals surface area contributed by atoms with Gasteiger partial charge in [0.25, 0.3) is 5.56 Å². The van der Waals surface area contributed by atoms with Crippen molar-refractivity contribution in [2.24, 2.45) is 0 Å². The molecule has 4 nitrogen and oxygen atoms in total. The van der Waals surface area contributed by atoms with Crippen molar-refractivity contribution >= 4 is 11.6 Å². The van der Waals surface area contributed by atoms with Crippen LogP contribution in [0.5, 0.6) is 0 Å². The van der Waals surface area contributed by atoms with Gasteiger partial charge in [-0.2, -0.15) is 13.2 Å². The van der Waals surface area contributed by atoms with Crippen LogP contribution in [0.15, 0.2) is 47.4 Å². The first-order valence-electron chi connectivity index (χ1n) is 6.40. The predicted octanol–water partition coefficient (Wildman–Crippen LogP) is 2.81. The van der Waals surface area contributed by atoms with Crippen LogP contribution in [0, 0.1) is 6.92 Å². The number of hydrogen-bond donors (Lipinski definition) is 1. The van der Waals surface area contributed by atoms with Crippen molar-refractivity contribution in [2.75, 3.05) is 5.32 Å². The number of aryl methyl sites for hydroxylation is 1. The summed E-state index contributed by atoms with van der Waals surface area (Å²) in [4.78, 5) is 23.5. The molecular weight excluding hydrogens is 297 g/mol. The fourth-order valence-corrected chi connectivity index (χ4v) is 1.92. The van der Waals surface area contributed by atoms with Crippen LogP contribution in [0.2, 0.25) is 0 Å². The third kappa shape index (κ3) is 3.75. The quantitative estimate of drug-likeness (QED) is 0.948. The van der Waals surface area contributed by atoms with Crippen molar-refractivity contribution < 1.29 is 18.0 Å². The highest BCUT2D eigenvalue weighted by atomic mass is 19.4. The summed E-state index contributed by atoms with van der Waals surface area (Å²) in [5.41, 5.74) is -0.914. The van der Waals surface area contributed by atoms with Crippen molar-refractivity contribution in [3.63, 3.8) is 0 Å². The molecule has 1 aromatic heterocycles. The number of nitrogens with one attached hydrogen (secondary N) is 1. The largest absolute Gasteiger partial charge is 0.418 e. The van der Waals surface area contributed by atoms with Crippen molar-refractivity contribution in [3.05, 3.63) is 64.1 Å². The van der Waals surface area contributed by atoms with Gasteiger partial charge in [0.2, 0.25) is 5.91 Å². The van der Waals surface area contributed by atoms with E-state index >= 15 is 0 Å². The topological polar surface area (TPSA) is 51.1 Å². The lowest BCUT2D eigenvalue weighted by molar-refractivity contribution is -0.137. The number of carbonyl (C=O) groups excluding carboxylic acids is 1. The summed E-state index contributed by atoms with van der Waals surface area (Å²) >= 11 is 0. The van der Waals surface area contributed by atoms with Gasteiger partial charge in [-0.05, 0) is 30.7 Å². The summed E-state index contributed by atoms with van der Waals surface area (Å²) in [5.74, 6) is -0.706. The lowest BCUT2D eigenvalue weighted by atomic mass is 10.1. The molecule has 0 radical (unpaired) electrons. The number of benzene rings is 1. The molecule has 0 atom stereocenters. The number of nitrogens with zero attached hydrogens (tertiary/aromatic N) is 1. The maximum Gasteiger partial charge on any atom is 0.418 e. The van der Waals surface area contributed by atoms with E-state index in [-0.39, 0.29) is 17.8 Å². The lowest BCUT2D eigenvalue weighted by Crippen LogP contribution is -2.27. The number of anilines is 1. The molecule has 0 saturated carbocycles. The minimum Gasteiger partial charge on any atom is -0.324 e. The summed E-state index contributed by atoms with van der Waals surface area (Å²) in [5, 5.41) is 2.19. The van der Waals surface area contributed by atoms with Crippen LogP contribution in [0.4, 0.5) is 18.9 Å². The Morgan fingerprint density at radius 2 is 1.91 bits per heavy atom. The van der Waals surface area contributed by atoms with Crippen molar-refractivity contribution in [3.8, 4) is 0 Å². The Kier molecular flexibility index (Phi) is 4.35. The van der Waals surface area contributed by atoms with Crippen molar-refractivity contribution in [2.45, 2.75) is 19.6 Å². The first kappa shape index (κ1) is 15.8. The number of hydrogen-bond acceptors (Lipinski definition) is 2. The summed E-state index contributed by atoms with van der Waals surface area (Å²) in [7, 11) is 0. The number of pyridine rings is 1. The maximum absolute atomic E-state index is 12.8. The molecule has 1 amide bonds. The SMILES string of the molecule is Cc1ccn(CC(=O)Nc2ccccc2C(F)(F)F)c(=O)c1. The molecular formula is C15H13F3N2O2. The van der Waals surface area contributed by atoms with Crippen LogP contribution in [-0.2, 0) is 17.5 Å². The number of alkyl halides is 3. The van der Waals surface area contributed by atoms with E-state index < -0.39 is 17.6 Å². The molecule has 0 bridgehead atoms. The molecule has 1 aromatic carbocycles. The Balaban J connectivity index is 2.18. The zero-order valence-corrected chi connectivity index (χ0v) is 11.6. The Morgan fingerprint density at radius 3 is 2.55 bits per heavy atom. The second-order valence-electron chi connectivity index (χ2n) is 4.76. The lowest BCUT2D eigenvalue weighted by Gasteiger charge is -2.14. The predicted molar refractivity (Wildman–Crippen MR) is 75.5 cm³/mol. The van der Waals surface area contributed by atoms with Gasteiger partial charge < -0.3 is 9.88 Å². The average Bonchev–Trinajstić information content (AvgIpc) is 2.41. The first-order valence-corrected chi connectivity index (χ1v) is 6.40. The van der Waals surface area contributed by atoms with Crippen molar-refractivity contribution in [1.29, 1.82) is 0 Å². The van der Waals surface area contributed by atoms with E-state index in [4.69, 9.17) is 0 Å². The zero-order chi connectivity index (χ0) is 16.3. The minimum atomic E-state index is -4.56. The molecule has 2 aromatic rings. The average molecular weight is 310 g/mol. The molecule has 0 fully saturated rings. The van der Waals surface area contributed by atoms with Crippen LogP contribution in [-0.4, -0.2) is 10.5 Å². The van der Waals surface area contributed by atoms with Crippen LogP contribution in [0.25, 0.3) is 0 Å². The van der Waals surface area contributed by atoms with Crippen molar-refractivity contribution in [1.82, 2.24) is 4.57 Å². The van der Waals surface area contributed by atoms with E-state index in [1.165, 1.54) is 30.5 Å². The normalized spacial score (nSPS) is 11.3. The van der Waals surface area contributed by atoms with E-state index in [0.717, 1.165) is 16.2 Å². The minimum absolute atomic E-state index is 0.333. The fraction of sp³-hybridized carbons (Fsp3) is 0.200. The highest BCUT2D eigenvalue weighted by Gasteiger charge is 2.33. The number of para-hydroxylation sites is 1. The van der Waals surface area contributed by atoms with Crippen LogP contribution < -0.4 is 10.9 Å². The van der Waals surface area contributed by atoms with E-state index in [1.54, 1.807) is 13.0 Å². The number of aromatic nitrogens is 1. The van der Waals surface area contributed by atoms with Gasteiger partial charge in [-0.3, -0.25) is 9.59 Å². The third-order valence-electron chi connectivity index (χ3n) is 2.97. The molecule has 1 heterocycles. The molecule has 0 aliphatic heterocycles. The maximum atomic E-state index is 12.8.